The number of aliphatic carboxylic acids is 3. The van der Waals surface area contributed by atoms with E-state index in [2.05, 4.69) is 13.2 Å². The number of carbonyl (C=O) groups is 3. The Morgan fingerprint density at radius 3 is 1.21 bits per heavy atom. The predicted octanol–water partition coefficient (Wildman–Crippen LogP) is 1.73. The fourth-order valence-corrected chi connectivity index (χ4v) is 1.13. The largest absolute Gasteiger partial charge is 0.481 e. The topological polar surface area (TPSA) is 152 Å². The monoisotopic (exact) mass is 348 g/mol. The van der Waals surface area contributed by atoms with Gasteiger partial charge in [0, 0.05) is 18.6 Å². The summed E-state index contributed by atoms with van der Waals surface area (Å²) in [7, 11) is 0. The quantitative estimate of drug-likeness (QED) is 0.372. The minimum absolute atomic E-state index is 0.0132. The standard InChI is InChI=1S/C10H20O4.2C3H4O2/c1-8(2,3)6-10(13,14)9(4,5)7(11)12;2*1-2-3(4)5/h13-14H,6H2,1-5H3,(H,11,12);2*2H,1H2,(H,4,5). The van der Waals surface area contributed by atoms with Crippen LogP contribution in [0.5, 0.6) is 0 Å². The molecule has 0 aliphatic heterocycles. The molecule has 0 fully saturated rings. The molecule has 0 aromatic heterocycles. The highest BCUT2D eigenvalue weighted by Gasteiger charge is 2.49. The molecule has 0 saturated heterocycles. The second-order valence-corrected chi connectivity index (χ2v) is 6.57. The van der Waals surface area contributed by atoms with E-state index in [-0.39, 0.29) is 11.8 Å². The molecule has 0 spiro atoms. The first-order chi connectivity index (χ1) is 10.4. The number of carboxylic acid groups (broad SMARTS) is 3. The summed E-state index contributed by atoms with van der Waals surface area (Å²) in [4.78, 5) is 29.3. The Bertz CT molecular complexity index is 437. The Hall–Kier alpha value is -2.19. The highest BCUT2D eigenvalue weighted by molar-refractivity contribution is 5.79. The molecule has 24 heavy (non-hydrogen) atoms. The van der Waals surface area contributed by atoms with Gasteiger partial charge in [0.15, 0.2) is 5.79 Å². The maximum absolute atomic E-state index is 10.8. The molecule has 0 aromatic carbocycles. The second-order valence-electron chi connectivity index (χ2n) is 6.57. The van der Waals surface area contributed by atoms with Crippen molar-refractivity contribution in [1.29, 1.82) is 0 Å². The van der Waals surface area contributed by atoms with Gasteiger partial charge < -0.3 is 25.5 Å². The zero-order valence-corrected chi connectivity index (χ0v) is 14.7. The van der Waals surface area contributed by atoms with Crippen molar-refractivity contribution < 1.29 is 39.9 Å². The molecule has 140 valence electrons. The molecule has 0 unspecified atom stereocenters. The summed E-state index contributed by atoms with van der Waals surface area (Å²) in [5.41, 5.74) is -1.91. The van der Waals surface area contributed by atoms with Crippen molar-refractivity contribution in [3.63, 3.8) is 0 Å². The first kappa shape index (κ1) is 26.7. The molecular weight excluding hydrogens is 320 g/mol. The third-order valence-corrected chi connectivity index (χ3v) is 2.66. The van der Waals surface area contributed by atoms with Crippen molar-refractivity contribution in [3.05, 3.63) is 25.3 Å². The SMILES string of the molecule is C=CC(=O)O.C=CC(=O)O.CC(C)(C)CC(O)(O)C(C)(C)C(=O)O. The first-order valence-electron chi connectivity index (χ1n) is 6.83. The Morgan fingerprint density at radius 2 is 1.08 bits per heavy atom. The molecule has 8 heteroatoms. The van der Waals surface area contributed by atoms with Crippen molar-refractivity contribution >= 4 is 17.9 Å². The lowest BCUT2D eigenvalue weighted by Crippen LogP contribution is -2.51. The molecule has 0 atom stereocenters. The van der Waals surface area contributed by atoms with Gasteiger partial charge in [-0.2, -0.15) is 0 Å². The van der Waals surface area contributed by atoms with Gasteiger partial charge in [-0.15, -0.1) is 0 Å². The van der Waals surface area contributed by atoms with Gasteiger partial charge in [0.1, 0.15) is 5.41 Å². The zero-order valence-electron chi connectivity index (χ0n) is 14.7. The average molecular weight is 348 g/mol. The van der Waals surface area contributed by atoms with Crippen LogP contribution in [0.4, 0.5) is 0 Å². The smallest absolute Gasteiger partial charge is 0.327 e. The molecule has 0 aliphatic rings. The maximum atomic E-state index is 10.8. The van der Waals surface area contributed by atoms with Crippen LogP contribution in [0.15, 0.2) is 25.3 Å². The third kappa shape index (κ3) is 13.5. The minimum Gasteiger partial charge on any atom is -0.481 e. The lowest BCUT2D eigenvalue weighted by atomic mass is 9.74. The Balaban J connectivity index is -0.000000361. The van der Waals surface area contributed by atoms with Gasteiger partial charge in [-0.1, -0.05) is 33.9 Å². The number of rotatable bonds is 5. The van der Waals surface area contributed by atoms with Gasteiger partial charge >= 0.3 is 17.9 Å². The second kappa shape index (κ2) is 10.6. The maximum Gasteiger partial charge on any atom is 0.327 e. The summed E-state index contributed by atoms with van der Waals surface area (Å²) >= 11 is 0. The number of hydrogen-bond acceptors (Lipinski definition) is 5. The van der Waals surface area contributed by atoms with E-state index in [1.807, 2.05) is 20.8 Å². The van der Waals surface area contributed by atoms with Gasteiger partial charge in [-0.05, 0) is 19.3 Å². The number of aliphatic hydroxyl groups is 2. The van der Waals surface area contributed by atoms with Gasteiger partial charge in [-0.25, -0.2) is 9.59 Å². The van der Waals surface area contributed by atoms with E-state index in [0.717, 1.165) is 12.2 Å². The van der Waals surface area contributed by atoms with Crippen LogP contribution in [0.25, 0.3) is 0 Å². The van der Waals surface area contributed by atoms with Crippen LogP contribution in [-0.2, 0) is 14.4 Å². The van der Waals surface area contributed by atoms with E-state index in [4.69, 9.17) is 15.3 Å². The van der Waals surface area contributed by atoms with Gasteiger partial charge in [0.25, 0.3) is 0 Å². The van der Waals surface area contributed by atoms with Crippen molar-refractivity contribution in [2.24, 2.45) is 10.8 Å². The van der Waals surface area contributed by atoms with Crippen molar-refractivity contribution in [1.82, 2.24) is 0 Å². The molecule has 0 aromatic rings. The summed E-state index contributed by atoms with van der Waals surface area (Å²) in [5, 5.41) is 43.5. The molecule has 0 radical (unpaired) electrons. The summed E-state index contributed by atoms with van der Waals surface area (Å²) in [6.07, 6.45) is 1.68. The molecular formula is C16H28O8. The lowest BCUT2D eigenvalue weighted by molar-refractivity contribution is -0.250. The van der Waals surface area contributed by atoms with Crippen LogP contribution < -0.4 is 0 Å². The Morgan fingerprint density at radius 1 is 0.833 bits per heavy atom. The van der Waals surface area contributed by atoms with Gasteiger partial charge in [0.05, 0.1) is 0 Å². The molecule has 0 amide bonds. The van der Waals surface area contributed by atoms with E-state index < -0.39 is 29.1 Å². The highest BCUT2D eigenvalue weighted by atomic mass is 16.5. The lowest BCUT2D eigenvalue weighted by Gasteiger charge is -2.38. The molecule has 0 rings (SSSR count). The summed E-state index contributed by atoms with van der Waals surface area (Å²) in [6, 6.07) is 0. The number of carboxylic acids is 3. The highest BCUT2D eigenvalue weighted by Crippen LogP contribution is 2.38. The molecule has 5 N–H and O–H groups in total. The van der Waals surface area contributed by atoms with Crippen LogP contribution in [0.2, 0.25) is 0 Å². The minimum atomic E-state index is -2.20. The van der Waals surface area contributed by atoms with Crippen molar-refractivity contribution in [3.8, 4) is 0 Å². The molecule has 0 saturated carbocycles. The van der Waals surface area contributed by atoms with Crippen LogP contribution in [0.1, 0.15) is 41.0 Å². The summed E-state index contributed by atoms with van der Waals surface area (Å²) in [5.74, 6) is -5.38. The van der Waals surface area contributed by atoms with Crippen molar-refractivity contribution in [2.45, 2.75) is 46.8 Å². The number of hydrogen-bond donors (Lipinski definition) is 5. The average Bonchev–Trinajstić information content (AvgIpc) is 2.36. The Kier molecular flexibility index (Phi) is 11.7. The third-order valence-electron chi connectivity index (χ3n) is 2.66. The van der Waals surface area contributed by atoms with Crippen LogP contribution in [0, 0.1) is 10.8 Å². The van der Waals surface area contributed by atoms with E-state index in [9.17, 15) is 24.6 Å². The predicted molar refractivity (Wildman–Crippen MR) is 88.3 cm³/mol. The normalized spacial score (nSPS) is 11.0. The molecule has 0 aliphatic carbocycles. The molecule has 8 nitrogen and oxygen atoms in total. The summed E-state index contributed by atoms with van der Waals surface area (Å²) in [6.45, 7) is 14.0. The molecule has 0 heterocycles. The van der Waals surface area contributed by atoms with Crippen molar-refractivity contribution in [2.75, 3.05) is 0 Å². The first-order valence-corrected chi connectivity index (χ1v) is 6.83. The van der Waals surface area contributed by atoms with Gasteiger partial charge in [-0.3, -0.25) is 4.79 Å². The van der Waals surface area contributed by atoms with Crippen LogP contribution >= 0.6 is 0 Å². The van der Waals surface area contributed by atoms with E-state index in [1.54, 1.807) is 0 Å². The fraction of sp³-hybridized carbons (Fsp3) is 0.562. The van der Waals surface area contributed by atoms with E-state index in [0.29, 0.717) is 0 Å². The van der Waals surface area contributed by atoms with Crippen LogP contribution in [0.3, 0.4) is 0 Å². The van der Waals surface area contributed by atoms with E-state index in [1.165, 1.54) is 13.8 Å². The Labute approximate surface area is 141 Å². The van der Waals surface area contributed by atoms with E-state index >= 15 is 0 Å². The zero-order chi connectivity index (χ0) is 20.4. The van der Waals surface area contributed by atoms with Gasteiger partial charge in [0.2, 0.25) is 0 Å². The van der Waals surface area contributed by atoms with Crippen LogP contribution in [-0.4, -0.2) is 49.2 Å². The molecule has 0 bridgehead atoms. The fourth-order valence-electron chi connectivity index (χ4n) is 1.13. The summed E-state index contributed by atoms with van der Waals surface area (Å²) < 4.78 is 0.